The fourth-order valence-corrected chi connectivity index (χ4v) is 4.45. The molecule has 0 bridgehead atoms. The average Bonchev–Trinajstić information content (AvgIpc) is 3.24. The molecule has 7 heteroatoms. The van der Waals surface area contributed by atoms with Gasteiger partial charge < -0.3 is 9.64 Å². The molecular formula is C24H26N4O3. The van der Waals surface area contributed by atoms with E-state index in [9.17, 15) is 9.59 Å². The van der Waals surface area contributed by atoms with E-state index < -0.39 is 0 Å². The lowest BCUT2D eigenvalue weighted by Gasteiger charge is -2.35. The molecule has 5 rings (SSSR count). The Labute approximate surface area is 180 Å². The van der Waals surface area contributed by atoms with Crippen LogP contribution in [0.1, 0.15) is 16.7 Å². The molecule has 0 spiro atoms. The van der Waals surface area contributed by atoms with Gasteiger partial charge in [0.2, 0.25) is 5.91 Å². The molecule has 1 fully saturated rings. The highest BCUT2D eigenvalue weighted by Gasteiger charge is 2.22. The molecule has 2 aliphatic rings. The summed E-state index contributed by atoms with van der Waals surface area (Å²) >= 11 is 0. The van der Waals surface area contributed by atoms with Gasteiger partial charge in [-0.3, -0.25) is 19.1 Å². The summed E-state index contributed by atoms with van der Waals surface area (Å²) in [6.45, 7) is 6.59. The Morgan fingerprint density at radius 2 is 1.97 bits per heavy atom. The quantitative estimate of drug-likeness (QED) is 0.648. The number of amides is 1. The molecule has 160 valence electrons. The lowest BCUT2D eigenvalue weighted by molar-refractivity contribution is -0.133. The summed E-state index contributed by atoms with van der Waals surface area (Å²) in [6.07, 6.45) is 2.47. The zero-order chi connectivity index (χ0) is 21.4. The molecule has 1 amide bonds. The molecule has 1 saturated heterocycles. The molecule has 0 unspecified atom stereocenters. The van der Waals surface area contributed by atoms with Gasteiger partial charge in [-0.15, -0.1) is 0 Å². The number of aryl methyl sites for hydroxylation is 1. The number of rotatable bonds is 4. The summed E-state index contributed by atoms with van der Waals surface area (Å²) in [5, 5.41) is 0.555. The summed E-state index contributed by atoms with van der Waals surface area (Å²) in [6, 6.07) is 12.0. The summed E-state index contributed by atoms with van der Waals surface area (Å²) in [4.78, 5) is 34.2. The zero-order valence-electron chi connectivity index (χ0n) is 17.7. The Morgan fingerprint density at radius 3 is 2.81 bits per heavy atom. The number of carbonyl (C=O) groups is 1. The molecule has 1 aromatic heterocycles. The van der Waals surface area contributed by atoms with E-state index >= 15 is 0 Å². The highest BCUT2D eigenvalue weighted by atomic mass is 16.5. The van der Waals surface area contributed by atoms with E-state index in [1.165, 1.54) is 22.0 Å². The first-order chi connectivity index (χ1) is 15.1. The maximum Gasteiger partial charge on any atom is 0.261 e. The van der Waals surface area contributed by atoms with Crippen LogP contribution in [0.15, 0.2) is 47.5 Å². The second kappa shape index (κ2) is 8.15. The van der Waals surface area contributed by atoms with E-state index in [2.05, 4.69) is 28.1 Å². The second-order valence-electron chi connectivity index (χ2n) is 8.35. The number of fused-ring (bicyclic) bond motifs is 2. The van der Waals surface area contributed by atoms with Gasteiger partial charge in [0.25, 0.3) is 5.56 Å². The van der Waals surface area contributed by atoms with E-state index in [4.69, 9.17) is 4.74 Å². The van der Waals surface area contributed by atoms with Gasteiger partial charge in [0.15, 0.2) is 0 Å². The first-order valence-corrected chi connectivity index (χ1v) is 10.8. The molecule has 0 atom stereocenters. The van der Waals surface area contributed by atoms with Crippen molar-refractivity contribution in [3.8, 4) is 5.75 Å². The SMILES string of the molecule is Cc1cccc2c(=O)n(CC(=O)N3CCN(Cc4ccc5c(c4)CCO5)CC3)cnc12. The van der Waals surface area contributed by atoms with Crippen LogP contribution in [0, 0.1) is 6.92 Å². The van der Waals surface area contributed by atoms with E-state index in [0.29, 0.717) is 24.0 Å². The van der Waals surface area contributed by atoms with E-state index in [-0.39, 0.29) is 18.0 Å². The van der Waals surface area contributed by atoms with Crippen LogP contribution >= 0.6 is 0 Å². The van der Waals surface area contributed by atoms with Crippen molar-refractivity contribution in [3.05, 3.63) is 69.8 Å². The molecule has 0 saturated carbocycles. The van der Waals surface area contributed by atoms with Crippen molar-refractivity contribution in [3.63, 3.8) is 0 Å². The highest BCUT2D eigenvalue weighted by Crippen LogP contribution is 2.26. The van der Waals surface area contributed by atoms with Gasteiger partial charge in [-0.05, 0) is 35.7 Å². The summed E-state index contributed by atoms with van der Waals surface area (Å²) in [5.74, 6) is 0.970. The van der Waals surface area contributed by atoms with Gasteiger partial charge in [0.1, 0.15) is 12.3 Å². The van der Waals surface area contributed by atoms with E-state index in [1.54, 1.807) is 6.07 Å². The number of piperazine rings is 1. The molecule has 0 radical (unpaired) electrons. The predicted octanol–water partition coefficient (Wildman–Crippen LogP) is 1.98. The average molecular weight is 418 g/mol. The van der Waals surface area contributed by atoms with Gasteiger partial charge in [-0.1, -0.05) is 24.3 Å². The molecule has 0 N–H and O–H groups in total. The fourth-order valence-electron chi connectivity index (χ4n) is 4.45. The van der Waals surface area contributed by atoms with Gasteiger partial charge in [0.05, 0.1) is 23.8 Å². The molecule has 31 heavy (non-hydrogen) atoms. The summed E-state index contributed by atoms with van der Waals surface area (Å²) in [7, 11) is 0. The molecule has 7 nitrogen and oxygen atoms in total. The number of ether oxygens (including phenoxy) is 1. The number of hydrogen-bond donors (Lipinski definition) is 0. The van der Waals surface area contributed by atoms with Crippen molar-refractivity contribution in [2.45, 2.75) is 26.4 Å². The number of para-hydroxylation sites is 1. The van der Waals surface area contributed by atoms with Gasteiger partial charge >= 0.3 is 0 Å². The van der Waals surface area contributed by atoms with Crippen molar-refractivity contribution < 1.29 is 9.53 Å². The Balaban J connectivity index is 1.20. The van der Waals surface area contributed by atoms with Crippen molar-refractivity contribution in [2.24, 2.45) is 0 Å². The molecule has 0 aliphatic carbocycles. The van der Waals surface area contributed by atoms with E-state index in [1.807, 2.05) is 24.0 Å². The van der Waals surface area contributed by atoms with Crippen LogP contribution < -0.4 is 10.3 Å². The lowest BCUT2D eigenvalue weighted by Crippen LogP contribution is -2.49. The molecular weight excluding hydrogens is 392 g/mol. The third-order valence-corrected chi connectivity index (χ3v) is 6.25. The van der Waals surface area contributed by atoms with Crippen LogP contribution in [0.4, 0.5) is 0 Å². The first-order valence-electron chi connectivity index (χ1n) is 10.8. The summed E-state index contributed by atoms with van der Waals surface area (Å²) in [5.41, 5.74) is 4.06. The number of aromatic nitrogens is 2. The Bertz CT molecular complexity index is 1200. The smallest absolute Gasteiger partial charge is 0.261 e. The van der Waals surface area contributed by atoms with Crippen molar-refractivity contribution in [1.82, 2.24) is 19.4 Å². The first kappa shape index (κ1) is 19.8. The fraction of sp³-hybridized carbons (Fsp3) is 0.375. The van der Waals surface area contributed by atoms with Gasteiger partial charge in [0, 0.05) is 39.1 Å². The second-order valence-corrected chi connectivity index (χ2v) is 8.35. The minimum absolute atomic E-state index is 0.0283. The number of hydrogen-bond acceptors (Lipinski definition) is 5. The third kappa shape index (κ3) is 3.93. The van der Waals surface area contributed by atoms with Crippen molar-refractivity contribution in [2.75, 3.05) is 32.8 Å². The standard InChI is InChI=1S/C24H26N4O3/c1-17-3-2-4-20-23(17)25-16-28(24(20)30)15-22(29)27-10-8-26(9-11-27)14-18-5-6-21-19(13-18)7-12-31-21/h2-6,13,16H,7-12,14-15H2,1H3. The highest BCUT2D eigenvalue weighted by molar-refractivity contribution is 5.81. The maximum absolute atomic E-state index is 12.8. The molecule has 2 aliphatic heterocycles. The van der Waals surface area contributed by atoms with Crippen LogP contribution in [-0.4, -0.2) is 58.0 Å². The molecule has 3 heterocycles. The predicted molar refractivity (Wildman–Crippen MR) is 118 cm³/mol. The Hall–Kier alpha value is -3.19. The van der Waals surface area contributed by atoms with Crippen molar-refractivity contribution >= 4 is 16.8 Å². The normalized spacial score (nSPS) is 16.4. The largest absolute Gasteiger partial charge is 0.493 e. The topological polar surface area (TPSA) is 67.7 Å². The van der Waals surface area contributed by atoms with Crippen LogP contribution in [-0.2, 0) is 24.3 Å². The van der Waals surface area contributed by atoms with E-state index in [0.717, 1.165) is 44.0 Å². The minimum atomic E-state index is -0.165. The van der Waals surface area contributed by atoms with Crippen molar-refractivity contribution in [1.29, 1.82) is 0 Å². The van der Waals surface area contributed by atoms with Crippen LogP contribution in [0.3, 0.4) is 0 Å². The number of carbonyl (C=O) groups excluding carboxylic acids is 1. The monoisotopic (exact) mass is 418 g/mol. The lowest BCUT2D eigenvalue weighted by atomic mass is 10.1. The molecule has 3 aromatic rings. The maximum atomic E-state index is 12.8. The number of benzene rings is 2. The number of nitrogens with zero attached hydrogens (tertiary/aromatic N) is 4. The third-order valence-electron chi connectivity index (χ3n) is 6.25. The van der Waals surface area contributed by atoms with Gasteiger partial charge in [-0.2, -0.15) is 0 Å². The van der Waals surface area contributed by atoms with Crippen LogP contribution in [0.25, 0.3) is 10.9 Å². The van der Waals surface area contributed by atoms with Crippen LogP contribution in [0.2, 0.25) is 0 Å². The van der Waals surface area contributed by atoms with Gasteiger partial charge in [-0.25, -0.2) is 4.98 Å². The minimum Gasteiger partial charge on any atom is -0.493 e. The molecule has 2 aromatic carbocycles. The Morgan fingerprint density at radius 1 is 1.13 bits per heavy atom. The Kier molecular flexibility index (Phi) is 5.19. The van der Waals surface area contributed by atoms with Crippen LogP contribution in [0.5, 0.6) is 5.75 Å². The zero-order valence-corrected chi connectivity index (χ0v) is 17.7. The summed E-state index contributed by atoms with van der Waals surface area (Å²) < 4.78 is 7.00.